The maximum atomic E-state index is 11.0. The van der Waals surface area contributed by atoms with E-state index in [4.69, 9.17) is 5.11 Å². The second-order valence-electron chi connectivity index (χ2n) is 3.14. The highest BCUT2D eigenvalue weighted by atomic mass is 16.4. The van der Waals surface area contributed by atoms with Gasteiger partial charge in [0.15, 0.2) is 5.78 Å². The maximum absolute atomic E-state index is 11.0. The summed E-state index contributed by atoms with van der Waals surface area (Å²) in [6.45, 7) is 5.04. The van der Waals surface area contributed by atoms with Crippen LogP contribution in [-0.4, -0.2) is 22.6 Å². The minimum absolute atomic E-state index is 0.00119. The van der Waals surface area contributed by atoms with E-state index in [1.54, 1.807) is 6.92 Å². The first-order valence-electron chi connectivity index (χ1n) is 4.35. The third kappa shape index (κ3) is 6.11. The average molecular weight is 198 g/mol. The van der Waals surface area contributed by atoms with Crippen molar-refractivity contribution in [2.75, 3.05) is 0 Å². The first kappa shape index (κ1) is 12.6. The molecule has 0 fully saturated rings. The highest BCUT2D eigenvalue weighted by Crippen LogP contribution is 2.03. The first-order chi connectivity index (χ1) is 6.43. The molecule has 0 aromatic rings. The largest absolute Gasteiger partial charge is 0.481 e. The molecule has 78 valence electrons. The van der Waals surface area contributed by atoms with Crippen molar-refractivity contribution in [3.05, 3.63) is 12.2 Å². The predicted octanol–water partition coefficient (Wildman–Crippen LogP) is 1.35. The summed E-state index contributed by atoms with van der Waals surface area (Å²) >= 11 is 0. The molecule has 0 aliphatic carbocycles. The van der Waals surface area contributed by atoms with Crippen molar-refractivity contribution in [1.29, 1.82) is 0 Å². The van der Waals surface area contributed by atoms with E-state index in [2.05, 4.69) is 6.58 Å². The van der Waals surface area contributed by atoms with Gasteiger partial charge in [0.1, 0.15) is 5.78 Å². The lowest BCUT2D eigenvalue weighted by Gasteiger charge is -1.98. The molecule has 0 aromatic heterocycles. The van der Waals surface area contributed by atoms with Crippen LogP contribution in [0.25, 0.3) is 0 Å². The normalized spacial score (nSPS) is 9.50. The minimum Gasteiger partial charge on any atom is -0.481 e. The van der Waals surface area contributed by atoms with Crippen LogP contribution < -0.4 is 0 Å². The van der Waals surface area contributed by atoms with Gasteiger partial charge in [-0.15, -0.1) is 0 Å². The molecule has 0 saturated carbocycles. The van der Waals surface area contributed by atoms with E-state index in [-0.39, 0.29) is 37.2 Å². The lowest BCUT2D eigenvalue weighted by Crippen LogP contribution is -2.06. The zero-order chi connectivity index (χ0) is 11.1. The Morgan fingerprint density at radius 2 is 1.57 bits per heavy atom. The van der Waals surface area contributed by atoms with E-state index < -0.39 is 5.97 Å². The second-order valence-corrected chi connectivity index (χ2v) is 3.14. The molecule has 4 nitrogen and oxygen atoms in total. The van der Waals surface area contributed by atoms with Crippen molar-refractivity contribution in [3.8, 4) is 0 Å². The maximum Gasteiger partial charge on any atom is 0.303 e. The molecular formula is C10H14O4. The number of carboxylic acids is 1. The standard InChI is InChI=1S/C10H14O4/c1-7(2)9(12)5-3-8(11)4-6-10(13)14/h1,3-6H2,2H3,(H,13,14). The number of Topliss-reactive ketones (excluding diaryl/α,β-unsaturated/α-hetero) is 2. The van der Waals surface area contributed by atoms with Crippen molar-refractivity contribution < 1.29 is 19.5 Å². The molecule has 4 heteroatoms. The van der Waals surface area contributed by atoms with Crippen LogP contribution in [0.15, 0.2) is 12.2 Å². The lowest BCUT2D eigenvalue weighted by atomic mass is 10.1. The van der Waals surface area contributed by atoms with Crippen molar-refractivity contribution in [2.45, 2.75) is 32.6 Å². The molecule has 0 unspecified atom stereocenters. The summed E-state index contributed by atoms with van der Waals surface area (Å²) in [7, 11) is 0. The van der Waals surface area contributed by atoms with E-state index >= 15 is 0 Å². The number of ketones is 2. The van der Waals surface area contributed by atoms with Gasteiger partial charge in [-0.2, -0.15) is 0 Å². The molecule has 0 aliphatic rings. The Morgan fingerprint density at radius 1 is 1.07 bits per heavy atom. The minimum atomic E-state index is -0.996. The summed E-state index contributed by atoms with van der Waals surface area (Å²) < 4.78 is 0. The number of rotatable bonds is 7. The highest BCUT2D eigenvalue weighted by molar-refractivity contribution is 5.96. The molecule has 0 heterocycles. The fourth-order valence-corrected chi connectivity index (χ4v) is 0.838. The Kier molecular flexibility index (Phi) is 5.44. The second kappa shape index (κ2) is 6.07. The molecule has 0 bridgehead atoms. The van der Waals surface area contributed by atoms with Gasteiger partial charge in [-0.3, -0.25) is 14.4 Å². The van der Waals surface area contributed by atoms with Crippen LogP contribution in [0.3, 0.4) is 0 Å². The molecule has 0 rings (SSSR count). The molecule has 0 spiro atoms. The van der Waals surface area contributed by atoms with Crippen LogP contribution in [0, 0.1) is 0 Å². The Hall–Kier alpha value is -1.45. The van der Waals surface area contributed by atoms with Gasteiger partial charge in [-0.1, -0.05) is 6.58 Å². The van der Waals surface area contributed by atoms with Crippen LogP contribution in [0.4, 0.5) is 0 Å². The SMILES string of the molecule is C=C(C)C(=O)CCC(=O)CCC(=O)O. The van der Waals surface area contributed by atoms with E-state index in [1.165, 1.54) is 0 Å². The fraction of sp³-hybridized carbons (Fsp3) is 0.500. The topological polar surface area (TPSA) is 71.4 Å². The van der Waals surface area contributed by atoms with E-state index in [1.807, 2.05) is 0 Å². The molecule has 0 aliphatic heterocycles. The van der Waals surface area contributed by atoms with Gasteiger partial charge < -0.3 is 5.11 Å². The van der Waals surface area contributed by atoms with Crippen molar-refractivity contribution in [3.63, 3.8) is 0 Å². The van der Waals surface area contributed by atoms with Crippen molar-refractivity contribution in [1.82, 2.24) is 0 Å². The number of aliphatic carboxylic acids is 1. The van der Waals surface area contributed by atoms with Gasteiger partial charge in [0.2, 0.25) is 0 Å². The first-order valence-corrected chi connectivity index (χ1v) is 4.35. The monoisotopic (exact) mass is 198 g/mol. The van der Waals surface area contributed by atoms with Gasteiger partial charge in [-0.25, -0.2) is 0 Å². The number of hydrogen-bond donors (Lipinski definition) is 1. The molecule has 0 saturated heterocycles. The molecule has 1 N–H and O–H groups in total. The Labute approximate surface area is 82.6 Å². The van der Waals surface area contributed by atoms with Gasteiger partial charge in [0.25, 0.3) is 0 Å². The van der Waals surface area contributed by atoms with Crippen LogP contribution in [0.2, 0.25) is 0 Å². The summed E-state index contributed by atoms with van der Waals surface area (Å²) in [6, 6.07) is 0. The Balaban J connectivity index is 3.69. The van der Waals surface area contributed by atoms with Crippen LogP contribution in [0.5, 0.6) is 0 Å². The van der Waals surface area contributed by atoms with E-state index in [9.17, 15) is 14.4 Å². The van der Waals surface area contributed by atoms with Crippen molar-refractivity contribution >= 4 is 17.5 Å². The lowest BCUT2D eigenvalue weighted by molar-refractivity contribution is -0.138. The molecule has 0 atom stereocenters. The third-order valence-corrected chi connectivity index (χ3v) is 1.72. The van der Waals surface area contributed by atoms with E-state index in [0.717, 1.165) is 0 Å². The summed E-state index contributed by atoms with van der Waals surface area (Å²) in [5.41, 5.74) is 0.427. The van der Waals surface area contributed by atoms with Crippen LogP contribution >= 0.6 is 0 Å². The molecule has 14 heavy (non-hydrogen) atoms. The van der Waals surface area contributed by atoms with E-state index in [0.29, 0.717) is 5.57 Å². The predicted molar refractivity (Wildman–Crippen MR) is 50.9 cm³/mol. The average Bonchev–Trinajstić information content (AvgIpc) is 2.10. The number of carboxylic acid groups (broad SMARTS) is 1. The van der Waals surface area contributed by atoms with Gasteiger partial charge in [-0.05, 0) is 12.5 Å². The van der Waals surface area contributed by atoms with Gasteiger partial charge in [0, 0.05) is 19.3 Å². The Bertz CT molecular complexity index is 265. The zero-order valence-electron chi connectivity index (χ0n) is 8.21. The molecule has 0 aromatic carbocycles. The van der Waals surface area contributed by atoms with Gasteiger partial charge in [0.05, 0.1) is 6.42 Å². The Morgan fingerprint density at radius 3 is 2.00 bits per heavy atom. The molecule has 0 radical (unpaired) electrons. The van der Waals surface area contributed by atoms with Gasteiger partial charge >= 0.3 is 5.97 Å². The van der Waals surface area contributed by atoms with Crippen LogP contribution in [-0.2, 0) is 14.4 Å². The summed E-state index contributed by atoms with van der Waals surface area (Å²) in [5.74, 6) is -1.33. The highest BCUT2D eigenvalue weighted by Gasteiger charge is 2.08. The summed E-state index contributed by atoms with van der Waals surface area (Å²) in [4.78, 5) is 32.2. The zero-order valence-corrected chi connectivity index (χ0v) is 8.21. The number of hydrogen-bond acceptors (Lipinski definition) is 3. The number of carbonyl (C=O) groups excluding carboxylic acids is 2. The summed E-state index contributed by atoms with van der Waals surface area (Å²) in [5, 5.41) is 8.29. The molecular weight excluding hydrogens is 184 g/mol. The van der Waals surface area contributed by atoms with Crippen LogP contribution in [0.1, 0.15) is 32.6 Å². The number of carbonyl (C=O) groups is 3. The summed E-state index contributed by atoms with van der Waals surface area (Å²) in [6.07, 6.45) is 0.0751. The number of allylic oxidation sites excluding steroid dienone is 1. The smallest absolute Gasteiger partial charge is 0.303 e. The quantitative estimate of drug-likeness (QED) is 0.627. The third-order valence-electron chi connectivity index (χ3n) is 1.72. The van der Waals surface area contributed by atoms with Crippen molar-refractivity contribution in [2.24, 2.45) is 0 Å². The fourth-order valence-electron chi connectivity index (χ4n) is 0.838. The molecule has 0 amide bonds.